The Labute approximate surface area is 254 Å². The molecule has 5 rings (SSSR count). The largest absolute Gasteiger partial charge is 0.467 e. The number of alkyl halides is 3. The number of hydrogen-bond donors (Lipinski definition) is 3. The summed E-state index contributed by atoms with van der Waals surface area (Å²) in [6, 6.07) is 5.81. The molecule has 236 valence electrons. The van der Waals surface area contributed by atoms with Gasteiger partial charge in [-0.25, -0.2) is 4.99 Å². The molecule has 1 amide bonds. The molecule has 0 spiro atoms. The van der Waals surface area contributed by atoms with Crippen LogP contribution in [0.3, 0.4) is 0 Å². The molecule has 13 heteroatoms. The second-order valence-corrected chi connectivity index (χ2v) is 11.2. The summed E-state index contributed by atoms with van der Waals surface area (Å²) >= 11 is 0. The Kier molecular flexibility index (Phi) is 10.0. The maximum absolute atomic E-state index is 13.1. The minimum absolute atomic E-state index is 0.0578. The smallest absolute Gasteiger partial charge is 0.410 e. The lowest BCUT2D eigenvalue weighted by molar-refractivity contribution is -0.143. The van der Waals surface area contributed by atoms with Crippen molar-refractivity contribution in [1.29, 1.82) is 0 Å². The number of allylic oxidation sites excluding steroid dienone is 3. The van der Waals surface area contributed by atoms with Crippen LogP contribution in [0.4, 0.5) is 13.2 Å². The van der Waals surface area contributed by atoms with Crippen LogP contribution in [0.15, 0.2) is 81.9 Å². The van der Waals surface area contributed by atoms with Gasteiger partial charge in [0.1, 0.15) is 23.9 Å². The first-order valence-corrected chi connectivity index (χ1v) is 14.9. The third kappa shape index (κ3) is 8.07. The van der Waals surface area contributed by atoms with Gasteiger partial charge in [-0.3, -0.25) is 15.2 Å². The average molecular weight is 614 g/mol. The molecular weight excluding hydrogens is 575 g/mol. The topological polar surface area (TPSA) is 114 Å². The summed E-state index contributed by atoms with van der Waals surface area (Å²) in [7, 11) is 0. The van der Waals surface area contributed by atoms with Gasteiger partial charge in [-0.2, -0.15) is 18.3 Å². The van der Waals surface area contributed by atoms with Crippen molar-refractivity contribution in [3.8, 4) is 0 Å². The Balaban J connectivity index is 1.08. The standard InChI is InChI=1S/C31H38F3N7O3/c1-21(31(32,33)34)36-30(23-11-7-4-8-12-23)44-20-29(43)37-24-13-14-26(35-18-24)40-15-16-41-27(38-39-28(41)19-40)17-25(42)22-9-5-2-3-6-10-22/h2,4-8,10-14,21-22,24-25,27,38,42H,3,9,15-20H2,1H3,(H,37,43). The number of amides is 1. The Morgan fingerprint density at radius 3 is 2.77 bits per heavy atom. The zero-order valence-corrected chi connectivity index (χ0v) is 24.5. The number of carbonyl (C=O) groups excluding carboxylic acids is 1. The molecule has 3 N–H and O–H groups in total. The molecule has 1 fully saturated rings. The van der Waals surface area contributed by atoms with Crippen LogP contribution < -0.4 is 10.7 Å². The molecule has 44 heavy (non-hydrogen) atoms. The van der Waals surface area contributed by atoms with Gasteiger partial charge in [-0.15, -0.1) is 0 Å². The van der Waals surface area contributed by atoms with Gasteiger partial charge >= 0.3 is 6.18 Å². The molecule has 0 aromatic heterocycles. The van der Waals surface area contributed by atoms with E-state index in [1.165, 1.54) is 0 Å². The van der Waals surface area contributed by atoms with E-state index in [1.807, 2.05) is 12.2 Å². The molecule has 0 radical (unpaired) electrons. The molecule has 1 aromatic carbocycles. The van der Waals surface area contributed by atoms with Crippen LogP contribution in [0.25, 0.3) is 0 Å². The number of aliphatic hydroxyl groups excluding tert-OH is 1. The summed E-state index contributed by atoms with van der Waals surface area (Å²) in [5, 5.41) is 18.2. The van der Waals surface area contributed by atoms with Crippen LogP contribution in [0, 0.1) is 5.92 Å². The number of dihydropyridines is 1. The number of carbonyl (C=O) groups is 1. The summed E-state index contributed by atoms with van der Waals surface area (Å²) in [6.45, 7) is 2.78. The summed E-state index contributed by atoms with van der Waals surface area (Å²) in [4.78, 5) is 25.3. The van der Waals surface area contributed by atoms with Crippen molar-refractivity contribution in [1.82, 2.24) is 20.5 Å². The van der Waals surface area contributed by atoms with Gasteiger partial charge in [0.2, 0.25) is 5.90 Å². The van der Waals surface area contributed by atoms with E-state index in [1.54, 1.807) is 30.3 Å². The predicted octanol–water partition coefficient (Wildman–Crippen LogP) is 2.99. The molecule has 5 atom stereocenters. The highest BCUT2D eigenvalue weighted by Crippen LogP contribution is 2.24. The number of benzene rings is 1. The fourth-order valence-electron chi connectivity index (χ4n) is 5.39. The van der Waals surface area contributed by atoms with Gasteiger partial charge in [-0.1, -0.05) is 48.6 Å². The van der Waals surface area contributed by atoms with Gasteiger partial charge in [0.25, 0.3) is 5.91 Å². The SMILES string of the molecule is CC(N=C(OCC(=O)NC1C=CC(N2CCN3C(=NNC3CC(O)C3C=CCC=CC3)C2)=NC1)c1ccccc1)C(F)(F)F. The molecule has 3 heterocycles. The minimum atomic E-state index is -4.53. The summed E-state index contributed by atoms with van der Waals surface area (Å²) in [6.07, 6.45) is 9.38. The molecule has 5 unspecified atom stereocenters. The lowest BCUT2D eigenvalue weighted by Gasteiger charge is -2.38. The van der Waals surface area contributed by atoms with Crippen LogP contribution in [0.5, 0.6) is 0 Å². The van der Waals surface area contributed by atoms with Gasteiger partial charge in [0.05, 0.1) is 25.2 Å². The first-order valence-electron chi connectivity index (χ1n) is 14.9. The van der Waals surface area contributed by atoms with E-state index in [0.29, 0.717) is 25.1 Å². The monoisotopic (exact) mass is 613 g/mol. The van der Waals surface area contributed by atoms with Crippen molar-refractivity contribution in [2.24, 2.45) is 21.0 Å². The van der Waals surface area contributed by atoms with Crippen LogP contribution in [-0.2, 0) is 9.53 Å². The molecule has 10 nitrogen and oxygen atoms in total. The van der Waals surface area contributed by atoms with E-state index in [4.69, 9.17) is 4.74 Å². The maximum Gasteiger partial charge on any atom is 0.410 e. The van der Waals surface area contributed by atoms with Crippen molar-refractivity contribution in [2.75, 3.05) is 32.8 Å². The summed E-state index contributed by atoms with van der Waals surface area (Å²) < 4.78 is 44.8. The van der Waals surface area contributed by atoms with Crippen LogP contribution >= 0.6 is 0 Å². The number of hydrazone groups is 1. The molecule has 1 saturated heterocycles. The molecular formula is C31H38F3N7O3. The summed E-state index contributed by atoms with van der Waals surface area (Å²) in [5.41, 5.74) is 3.54. The minimum Gasteiger partial charge on any atom is -0.467 e. The summed E-state index contributed by atoms with van der Waals surface area (Å²) in [5.74, 6) is 1.03. The Hall–Kier alpha value is -4.13. The van der Waals surface area contributed by atoms with E-state index >= 15 is 0 Å². The normalized spacial score (nSPS) is 24.9. The number of piperazine rings is 1. The first kappa shape index (κ1) is 31.3. The van der Waals surface area contributed by atoms with Gasteiger partial charge in [0.15, 0.2) is 6.61 Å². The van der Waals surface area contributed by atoms with Crippen molar-refractivity contribution < 1.29 is 27.8 Å². The number of rotatable bonds is 8. The number of ether oxygens (including phenoxy) is 1. The van der Waals surface area contributed by atoms with E-state index in [-0.39, 0.29) is 24.0 Å². The predicted molar refractivity (Wildman–Crippen MR) is 162 cm³/mol. The maximum atomic E-state index is 13.1. The highest BCUT2D eigenvalue weighted by Gasteiger charge is 2.37. The quantitative estimate of drug-likeness (QED) is 0.236. The Morgan fingerprint density at radius 1 is 1.20 bits per heavy atom. The van der Waals surface area contributed by atoms with E-state index in [2.05, 4.69) is 59.9 Å². The number of amidine groups is 2. The van der Waals surface area contributed by atoms with Crippen molar-refractivity contribution >= 4 is 23.5 Å². The van der Waals surface area contributed by atoms with E-state index in [0.717, 1.165) is 44.5 Å². The number of halogens is 3. The number of nitrogens with zero attached hydrogens (tertiary/aromatic N) is 5. The lowest BCUT2D eigenvalue weighted by atomic mass is 9.95. The number of hydrogen-bond acceptors (Lipinski definition) is 9. The Morgan fingerprint density at radius 2 is 2.02 bits per heavy atom. The van der Waals surface area contributed by atoms with Crippen LogP contribution in [-0.4, -0.2) is 102 Å². The van der Waals surface area contributed by atoms with Gasteiger partial charge in [-0.05, 0) is 38.0 Å². The number of fused-ring (bicyclic) bond motifs is 1. The number of nitrogens with one attached hydrogen (secondary N) is 2. The fraction of sp³-hybridized carbons (Fsp3) is 0.484. The lowest BCUT2D eigenvalue weighted by Crippen LogP contribution is -2.55. The number of aliphatic hydroxyl groups is 1. The highest BCUT2D eigenvalue weighted by atomic mass is 19.4. The molecule has 0 bridgehead atoms. The van der Waals surface area contributed by atoms with Crippen LogP contribution in [0.2, 0.25) is 0 Å². The fourth-order valence-corrected chi connectivity index (χ4v) is 5.39. The van der Waals surface area contributed by atoms with E-state index < -0.39 is 30.8 Å². The second-order valence-electron chi connectivity index (χ2n) is 11.2. The molecule has 0 saturated carbocycles. The van der Waals surface area contributed by atoms with E-state index in [9.17, 15) is 23.1 Å². The van der Waals surface area contributed by atoms with Crippen molar-refractivity contribution in [3.05, 3.63) is 72.4 Å². The first-order chi connectivity index (χ1) is 21.2. The Bertz CT molecular complexity index is 1340. The van der Waals surface area contributed by atoms with Crippen molar-refractivity contribution in [2.45, 2.75) is 56.7 Å². The van der Waals surface area contributed by atoms with Gasteiger partial charge < -0.3 is 25.0 Å². The van der Waals surface area contributed by atoms with Gasteiger partial charge in [0, 0.05) is 31.0 Å². The van der Waals surface area contributed by atoms with Crippen molar-refractivity contribution in [3.63, 3.8) is 0 Å². The zero-order chi connectivity index (χ0) is 31.1. The second kappa shape index (κ2) is 14.1. The zero-order valence-electron chi connectivity index (χ0n) is 24.5. The third-order valence-corrected chi connectivity index (χ3v) is 7.93. The number of aliphatic imine (C=N–C) groups is 2. The van der Waals surface area contributed by atoms with Crippen LogP contribution in [0.1, 0.15) is 31.7 Å². The molecule has 4 aliphatic rings. The molecule has 1 aliphatic carbocycles. The average Bonchev–Trinajstić information content (AvgIpc) is 3.21. The third-order valence-electron chi connectivity index (χ3n) is 7.93. The molecule has 3 aliphatic heterocycles. The highest BCUT2D eigenvalue weighted by molar-refractivity contribution is 5.98. The molecule has 1 aromatic rings.